The third-order valence-corrected chi connectivity index (χ3v) is 4.45. The fourth-order valence-electron chi connectivity index (χ4n) is 3.06. The molecule has 2 amide bonds. The molecule has 1 aromatic rings. The molecule has 0 radical (unpaired) electrons. The number of carbonyl (C=O) groups is 2. The lowest BCUT2D eigenvalue weighted by Gasteiger charge is -2.30. The number of amides is 2. The highest BCUT2D eigenvalue weighted by Crippen LogP contribution is 2.31. The second kappa shape index (κ2) is 10.7. The van der Waals surface area contributed by atoms with E-state index in [1.807, 2.05) is 38.1 Å². The molecular formula is C22H32N2O4. The topological polar surface area (TPSA) is 76.7 Å². The Morgan fingerprint density at radius 1 is 1.18 bits per heavy atom. The second-order valence-electron chi connectivity index (χ2n) is 7.26. The summed E-state index contributed by atoms with van der Waals surface area (Å²) in [7, 11) is 0. The Hall–Kier alpha value is -2.50. The van der Waals surface area contributed by atoms with Gasteiger partial charge in [-0.1, -0.05) is 38.8 Å². The van der Waals surface area contributed by atoms with Crippen molar-refractivity contribution >= 4 is 12.0 Å². The minimum absolute atomic E-state index is 0.241. The van der Waals surface area contributed by atoms with Crippen molar-refractivity contribution in [1.82, 2.24) is 10.6 Å². The van der Waals surface area contributed by atoms with Crippen molar-refractivity contribution in [3.63, 3.8) is 0 Å². The first-order chi connectivity index (χ1) is 13.5. The Balaban J connectivity index is 2.38. The average Bonchev–Trinajstić information content (AvgIpc) is 2.65. The Kier molecular flexibility index (Phi) is 8.36. The van der Waals surface area contributed by atoms with E-state index in [0.29, 0.717) is 24.3 Å². The molecule has 1 aromatic carbocycles. The molecule has 1 atom stereocenters. The van der Waals surface area contributed by atoms with E-state index in [-0.39, 0.29) is 12.1 Å². The molecule has 28 heavy (non-hydrogen) atoms. The maximum Gasteiger partial charge on any atom is 0.338 e. The summed E-state index contributed by atoms with van der Waals surface area (Å²) < 4.78 is 11.3. The van der Waals surface area contributed by atoms with Crippen LogP contribution in [0, 0.1) is 0 Å². The zero-order chi connectivity index (χ0) is 20.5. The number of rotatable bonds is 10. The fraction of sp³-hybridized carbons (Fsp3) is 0.545. The van der Waals surface area contributed by atoms with Crippen LogP contribution < -0.4 is 15.4 Å². The summed E-state index contributed by atoms with van der Waals surface area (Å²) in [5.74, 6) is 0.321. The van der Waals surface area contributed by atoms with Crippen molar-refractivity contribution in [2.75, 3.05) is 6.61 Å². The lowest BCUT2D eigenvalue weighted by atomic mass is 9.93. The van der Waals surface area contributed by atoms with Gasteiger partial charge in [-0.2, -0.15) is 0 Å². The average molecular weight is 389 g/mol. The van der Waals surface area contributed by atoms with Crippen molar-refractivity contribution in [2.45, 2.75) is 71.9 Å². The normalized spacial score (nSPS) is 16.6. The predicted molar refractivity (Wildman–Crippen MR) is 109 cm³/mol. The van der Waals surface area contributed by atoms with Crippen LogP contribution in [0.1, 0.15) is 71.4 Å². The zero-order valence-electron chi connectivity index (χ0n) is 17.3. The number of allylic oxidation sites excluding steroid dienone is 1. The van der Waals surface area contributed by atoms with Gasteiger partial charge in [0.25, 0.3) is 0 Å². The summed E-state index contributed by atoms with van der Waals surface area (Å²) in [4.78, 5) is 25.1. The van der Waals surface area contributed by atoms with E-state index < -0.39 is 12.0 Å². The molecule has 2 N–H and O–H groups in total. The van der Waals surface area contributed by atoms with E-state index in [9.17, 15) is 9.59 Å². The number of urea groups is 1. The highest BCUT2D eigenvalue weighted by molar-refractivity contribution is 5.95. The molecule has 0 fully saturated rings. The van der Waals surface area contributed by atoms with Gasteiger partial charge >= 0.3 is 12.0 Å². The number of esters is 1. The van der Waals surface area contributed by atoms with Crippen molar-refractivity contribution in [1.29, 1.82) is 0 Å². The monoisotopic (exact) mass is 388 g/mol. The third-order valence-electron chi connectivity index (χ3n) is 4.45. The van der Waals surface area contributed by atoms with Gasteiger partial charge in [-0.25, -0.2) is 9.59 Å². The third kappa shape index (κ3) is 6.01. The maximum absolute atomic E-state index is 12.9. The van der Waals surface area contributed by atoms with Gasteiger partial charge in [0.05, 0.1) is 24.3 Å². The number of unbranched alkanes of at least 4 members (excludes halogenated alkanes) is 2. The number of hydrogen-bond acceptors (Lipinski definition) is 4. The van der Waals surface area contributed by atoms with Gasteiger partial charge in [0, 0.05) is 5.70 Å². The highest BCUT2D eigenvalue weighted by Gasteiger charge is 2.34. The van der Waals surface area contributed by atoms with E-state index in [1.165, 1.54) is 0 Å². The maximum atomic E-state index is 12.9. The molecule has 6 heteroatoms. The summed E-state index contributed by atoms with van der Waals surface area (Å²) in [6, 6.07) is 6.66. The van der Waals surface area contributed by atoms with Gasteiger partial charge < -0.3 is 20.1 Å². The molecule has 0 bridgehead atoms. The van der Waals surface area contributed by atoms with E-state index in [0.717, 1.165) is 37.0 Å². The van der Waals surface area contributed by atoms with Crippen LogP contribution in [-0.4, -0.2) is 24.7 Å². The second-order valence-corrected chi connectivity index (χ2v) is 7.26. The SMILES string of the molecule is CCCCOc1cccc(C2NC(=O)NC(CCCC)=C2C(=O)OC(C)C)c1. The van der Waals surface area contributed by atoms with E-state index in [1.54, 1.807) is 0 Å². The molecule has 0 aliphatic carbocycles. The highest BCUT2D eigenvalue weighted by atomic mass is 16.5. The standard InChI is InChI=1S/C22H32N2O4/c1-5-7-12-18-19(21(25)28-15(3)4)20(24-22(26)23-18)16-10-9-11-17(14-16)27-13-8-6-2/h9-11,14-15,20H,5-8,12-13H2,1-4H3,(H2,23,24,26). The van der Waals surface area contributed by atoms with E-state index >= 15 is 0 Å². The Bertz CT molecular complexity index is 712. The zero-order valence-corrected chi connectivity index (χ0v) is 17.3. The number of carbonyl (C=O) groups excluding carboxylic acids is 2. The molecule has 1 unspecified atom stereocenters. The molecule has 1 heterocycles. The van der Waals surface area contributed by atoms with Gasteiger partial charge in [0.1, 0.15) is 5.75 Å². The molecule has 2 rings (SSSR count). The van der Waals surface area contributed by atoms with Gasteiger partial charge in [0.2, 0.25) is 0 Å². The summed E-state index contributed by atoms with van der Waals surface area (Å²) in [6.07, 6.45) is 4.25. The minimum atomic E-state index is -0.568. The van der Waals surface area contributed by atoms with Crippen LogP contribution in [0.3, 0.4) is 0 Å². The minimum Gasteiger partial charge on any atom is -0.494 e. The first kappa shape index (κ1) is 21.8. The molecule has 0 saturated heterocycles. The van der Waals surface area contributed by atoms with Crippen molar-refractivity contribution in [2.24, 2.45) is 0 Å². The molecule has 0 aromatic heterocycles. The van der Waals surface area contributed by atoms with Gasteiger partial charge in [-0.15, -0.1) is 0 Å². The van der Waals surface area contributed by atoms with Gasteiger partial charge in [0.15, 0.2) is 0 Å². The van der Waals surface area contributed by atoms with Crippen molar-refractivity contribution in [3.05, 3.63) is 41.1 Å². The fourth-order valence-corrected chi connectivity index (χ4v) is 3.06. The molecule has 1 aliphatic rings. The lowest BCUT2D eigenvalue weighted by Crippen LogP contribution is -2.46. The number of benzene rings is 1. The molecular weight excluding hydrogens is 356 g/mol. The van der Waals surface area contributed by atoms with Crippen molar-refractivity contribution in [3.8, 4) is 5.75 Å². The van der Waals surface area contributed by atoms with Crippen LogP contribution in [0.25, 0.3) is 0 Å². The van der Waals surface area contributed by atoms with Crippen LogP contribution in [0.15, 0.2) is 35.5 Å². The molecule has 1 aliphatic heterocycles. The first-order valence-corrected chi connectivity index (χ1v) is 10.2. The van der Waals surface area contributed by atoms with Crippen molar-refractivity contribution < 1.29 is 19.1 Å². The molecule has 0 saturated carbocycles. The van der Waals surface area contributed by atoms with Crippen LogP contribution in [0.5, 0.6) is 5.75 Å². The summed E-state index contributed by atoms with van der Waals surface area (Å²) in [5.41, 5.74) is 1.90. The van der Waals surface area contributed by atoms with Crippen LogP contribution >= 0.6 is 0 Å². The number of hydrogen-bond donors (Lipinski definition) is 2. The lowest BCUT2D eigenvalue weighted by molar-refractivity contribution is -0.143. The Morgan fingerprint density at radius 2 is 1.93 bits per heavy atom. The Morgan fingerprint density at radius 3 is 2.61 bits per heavy atom. The molecule has 154 valence electrons. The molecule has 6 nitrogen and oxygen atoms in total. The summed E-state index contributed by atoms with van der Waals surface area (Å²) in [6.45, 7) is 8.45. The largest absolute Gasteiger partial charge is 0.494 e. The van der Waals surface area contributed by atoms with Crippen LogP contribution in [0.2, 0.25) is 0 Å². The first-order valence-electron chi connectivity index (χ1n) is 10.2. The quantitative estimate of drug-likeness (QED) is 0.453. The number of ether oxygens (including phenoxy) is 2. The van der Waals surface area contributed by atoms with E-state index in [4.69, 9.17) is 9.47 Å². The molecule has 0 spiro atoms. The summed E-state index contributed by atoms with van der Waals surface area (Å²) >= 11 is 0. The van der Waals surface area contributed by atoms with Crippen LogP contribution in [-0.2, 0) is 9.53 Å². The smallest absolute Gasteiger partial charge is 0.338 e. The Labute approximate surface area is 167 Å². The van der Waals surface area contributed by atoms with Gasteiger partial charge in [-0.05, 0) is 50.8 Å². The predicted octanol–water partition coefficient (Wildman–Crippen LogP) is 4.62. The number of nitrogens with one attached hydrogen (secondary N) is 2. The van der Waals surface area contributed by atoms with Gasteiger partial charge in [-0.3, -0.25) is 0 Å². The van der Waals surface area contributed by atoms with Crippen LogP contribution in [0.4, 0.5) is 4.79 Å². The van der Waals surface area contributed by atoms with E-state index in [2.05, 4.69) is 24.5 Å². The summed E-state index contributed by atoms with van der Waals surface area (Å²) in [5, 5.41) is 5.68.